The van der Waals surface area contributed by atoms with Gasteiger partial charge in [-0.1, -0.05) is 42.5 Å². The third kappa shape index (κ3) is 6.75. The van der Waals surface area contributed by atoms with E-state index in [1.807, 2.05) is 57.2 Å². The second-order valence-electron chi connectivity index (χ2n) is 15.3. The summed E-state index contributed by atoms with van der Waals surface area (Å²) in [7, 11) is 0. The Balaban J connectivity index is 1.10. The summed E-state index contributed by atoms with van der Waals surface area (Å²) >= 11 is 0. The first-order valence-electron chi connectivity index (χ1n) is 17.0. The zero-order chi connectivity index (χ0) is 35.6. The standard InChI is InChI=1S/C38H42F2N6O4/c1-36(2,3)49-34(47)45-17-7-8-29(45)32-41-20-28(43-32)23-11-9-22(10-12-23)24-13-15-26-25(18-24)14-16-27-31(26)44-33(42-27)30-19-38(39,40)21-46(30)35(48)50-37(4,5)6/h9-16,18,20,29-30H,7-8,17,19,21H2,1-6H3,(H,41,43)(H,42,44)/t29-,30-/m0/s1. The van der Waals surface area contributed by atoms with E-state index in [4.69, 9.17) is 14.5 Å². The number of nitrogens with one attached hydrogen (secondary N) is 2. The van der Waals surface area contributed by atoms with Gasteiger partial charge in [0.2, 0.25) is 0 Å². The number of carbonyl (C=O) groups excluding carboxylic acids is 2. The number of benzene rings is 3. The highest BCUT2D eigenvalue weighted by molar-refractivity contribution is 6.05. The summed E-state index contributed by atoms with van der Waals surface area (Å²) in [5, 5.41) is 1.82. The molecule has 4 heterocycles. The number of halogens is 2. The number of aromatic nitrogens is 4. The molecule has 0 spiro atoms. The summed E-state index contributed by atoms with van der Waals surface area (Å²) in [6.45, 7) is 10.6. The number of rotatable bonds is 4. The molecule has 5 aromatic rings. The van der Waals surface area contributed by atoms with E-state index >= 15 is 0 Å². The Bertz CT molecular complexity index is 2080. The van der Waals surface area contributed by atoms with E-state index in [1.54, 1.807) is 31.9 Å². The lowest BCUT2D eigenvalue weighted by molar-refractivity contribution is -0.00248. The number of H-pyrrole nitrogens is 2. The van der Waals surface area contributed by atoms with Gasteiger partial charge in [-0.25, -0.2) is 28.3 Å². The van der Waals surface area contributed by atoms with Crippen LogP contribution in [0.3, 0.4) is 0 Å². The zero-order valence-electron chi connectivity index (χ0n) is 29.1. The normalized spacial score (nSPS) is 19.4. The van der Waals surface area contributed by atoms with Gasteiger partial charge in [0, 0.05) is 18.4 Å². The topological polar surface area (TPSA) is 116 Å². The molecular formula is C38H42F2N6O4. The van der Waals surface area contributed by atoms with Crippen molar-refractivity contribution in [3.05, 3.63) is 72.4 Å². The van der Waals surface area contributed by atoms with Crippen LogP contribution in [0, 0.1) is 0 Å². The molecule has 0 bridgehead atoms. The van der Waals surface area contributed by atoms with Crippen LogP contribution in [0.25, 0.3) is 44.2 Å². The monoisotopic (exact) mass is 684 g/mol. The maximum absolute atomic E-state index is 14.6. The van der Waals surface area contributed by atoms with Crippen molar-refractivity contribution in [2.75, 3.05) is 13.1 Å². The van der Waals surface area contributed by atoms with Gasteiger partial charge in [-0.2, -0.15) is 0 Å². The average Bonchev–Trinajstić information content (AvgIpc) is 3.84. The molecule has 2 aromatic heterocycles. The third-order valence-electron chi connectivity index (χ3n) is 9.02. The predicted octanol–water partition coefficient (Wildman–Crippen LogP) is 9.16. The summed E-state index contributed by atoms with van der Waals surface area (Å²) in [5.41, 5.74) is 3.84. The van der Waals surface area contributed by atoms with Crippen LogP contribution in [0.2, 0.25) is 0 Å². The molecule has 0 aliphatic carbocycles. The van der Waals surface area contributed by atoms with Crippen molar-refractivity contribution in [1.82, 2.24) is 29.7 Å². The Kier molecular flexibility index (Phi) is 8.11. The number of alkyl halides is 2. The summed E-state index contributed by atoms with van der Waals surface area (Å²) in [4.78, 5) is 44.5. The second kappa shape index (κ2) is 12.1. The smallest absolute Gasteiger partial charge is 0.411 e. The summed E-state index contributed by atoms with van der Waals surface area (Å²) in [5.74, 6) is -2.00. The maximum atomic E-state index is 14.6. The first kappa shape index (κ1) is 33.5. The molecule has 2 N–H and O–H groups in total. The lowest BCUT2D eigenvalue weighted by atomic mass is 9.99. The molecule has 2 saturated heterocycles. The van der Waals surface area contributed by atoms with Crippen molar-refractivity contribution in [3.63, 3.8) is 0 Å². The SMILES string of the molecule is CC(C)(C)OC(=O)N1CCC[C@H]1c1ncc(-c2ccc(-c3ccc4c(ccc5[nH]c([C@@H]6CC(F)(F)CN6C(=O)OC(C)(C)C)nc54)c3)cc2)[nH]1. The van der Waals surface area contributed by atoms with Crippen LogP contribution in [0.15, 0.2) is 60.8 Å². The van der Waals surface area contributed by atoms with Gasteiger partial charge >= 0.3 is 12.2 Å². The van der Waals surface area contributed by atoms with Crippen molar-refractivity contribution in [2.45, 2.75) is 90.0 Å². The first-order chi connectivity index (χ1) is 23.5. The highest BCUT2D eigenvalue weighted by atomic mass is 19.3. The van der Waals surface area contributed by atoms with E-state index < -0.39 is 42.2 Å². The molecule has 2 atom stereocenters. The van der Waals surface area contributed by atoms with Gasteiger partial charge < -0.3 is 19.4 Å². The van der Waals surface area contributed by atoms with E-state index in [9.17, 15) is 18.4 Å². The highest BCUT2D eigenvalue weighted by Crippen LogP contribution is 2.42. The molecule has 0 saturated carbocycles. The Morgan fingerprint density at radius 3 is 2.18 bits per heavy atom. The molecule has 3 aromatic carbocycles. The van der Waals surface area contributed by atoms with Crippen molar-refractivity contribution < 1.29 is 27.8 Å². The molecule has 2 aliphatic rings. The van der Waals surface area contributed by atoms with Crippen LogP contribution < -0.4 is 0 Å². The lowest BCUT2D eigenvalue weighted by Crippen LogP contribution is -2.38. The van der Waals surface area contributed by atoms with Crippen LogP contribution in [-0.2, 0) is 9.47 Å². The Morgan fingerprint density at radius 2 is 1.48 bits per heavy atom. The number of amides is 2. The van der Waals surface area contributed by atoms with Crippen molar-refractivity contribution in [3.8, 4) is 22.4 Å². The summed E-state index contributed by atoms with van der Waals surface area (Å²) in [6, 6.07) is 17.0. The highest BCUT2D eigenvalue weighted by Gasteiger charge is 2.50. The number of imidazole rings is 2. The number of ether oxygens (including phenoxy) is 2. The minimum atomic E-state index is -3.05. The van der Waals surface area contributed by atoms with Gasteiger partial charge in [0.05, 0.1) is 41.6 Å². The quantitative estimate of drug-likeness (QED) is 0.195. The van der Waals surface area contributed by atoms with Crippen LogP contribution in [-0.4, -0.2) is 72.1 Å². The zero-order valence-corrected chi connectivity index (χ0v) is 29.1. The fourth-order valence-electron chi connectivity index (χ4n) is 6.82. The number of likely N-dealkylation sites (tertiary alicyclic amines) is 2. The second-order valence-corrected chi connectivity index (χ2v) is 15.3. The summed E-state index contributed by atoms with van der Waals surface area (Å²) < 4.78 is 40.2. The number of aromatic amines is 2. The molecule has 10 nitrogen and oxygen atoms in total. The van der Waals surface area contributed by atoms with E-state index in [2.05, 4.69) is 33.2 Å². The molecule has 0 unspecified atom stereocenters. The fourth-order valence-corrected chi connectivity index (χ4v) is 6.82. The molecule has 0 radical (unpaired) electrons. The van der Waals surface area contributed by atoms with Gasteiger partial charge in [0.25, 0.3) is 5.92 Å². The van der Waals surface area contributed by atoms with Gasteiger partial charge in [0.15, 0.2) is 0 Å². The maximum Gasteiger partial charge on any atom is 0.411 e. The molecule has 2 aliphatic heterocycles. The first-order valence-corrected chi connectivity index (χ1v) is 17.0. The number of carbonyl (C=O) groups is 2. The van der Waals surface area contributed by atoms with Gasteiger partial charge in [0.1, 0.15) is 22.9 Å². The van der Waals surface area contributed by atoms with E-state index in [0.29, 0.717) is 23.4 Å². The largest absolute Gasteiger partial charge is 0.444 e. The number of nitrogens with zero attached hydrogens (tertiary/aromatic N) is 4. The van der Waals surface area contributed by atoms with Gasteiger partial charge in [-0.05, 0) is 88.6 Å². The van der Waals surface area contributed by atoms with Crippen molar-refractivity contribution in [2.24, 2.45) is 0 Å². The number of fused-ring (bicyclic) bond motifs is 3. The van der Waals surface area contributed by atoms with Gasteiger partial charge in [-0.3, -0.25) is 9.80 Å². The third-order valence-corrected chi connectivity index (χ3v) is 9.02. The van der Waals surface area contributed by atoms with Crippen LogP contribution in [0.4, 0.5) is 18.4 Å². The molecule has 262 valence electrons. The predicted molar refractivity (Wildman–Crippen MR) is 187 cm³/mol. The Hall–Kier alpha value is -5.00. The van der Waals surface area contributed by atoms with Crippen LogP contribution in [0.1, 0.15) is 84.5 Å². The van der Waals surface area contributed by atoms with E-state index in [0.717, 1.165) is 56.7 Å². The number of hydrogen-bond donors (Lipinski definition) is 2. The molecule has 12 heteroatoms. The fraction of sp³-hybridized carbons (Fsp3) is 0.421. The van der Waals surface area contributed by atoms with E-state index in [-0.39, 0.29) is 12.1 Å². The molecule has 2 amide bonds. The van der Waals surface area contributed by atoms with E-state index in [1.165, 1.54) is 0 Å². The molecule has 7 rings (SSSR count). The molecule has 2 fully saturated rings. The minimum absolute atomic E-state index is 0.157. The van der Waals surface area contributed by atoms with Crippen molar-refractivity contribution in [1.29, 1.82) is 0 Å². The van der Waals surface area contributed by atoms with Crippen molar-refractivity contribution >= 4 is 34.0 Å². The molecular weight excluding hydrogens is 642 g/mol. The lowest BCUT2D eigenvalue weighted by Gasteiger charge is -2.27. The Morgan fingerprint density at radius 1 is 0.820 bits per heavy atom. The van der Waals surface area contributed by atoms with Gasteiger partial charge in [-0.15, -0.1) is 0 Å². The average molecular weight is 685 g/mol. The van der Waals surface area contributed by atoms with Crippen LogP contribution >= 0.6 is 0 Å². The number of hydrogen-bond acceptors (Lipinski definition) is 6. The summed E-state index contributed by atoms with van der Waals surface area (Å²) in [6.07, 6.45) is 1.87. The Labute approximate surface area is 289 Å². The minimum Gasteiger partial charge on any atom is -0.444 e. The molecule has 50 heavy (non-hydrogen) atoms. The van der Waals surface area contributed by atoms with Crippen LogP contribution in [0.5, 0.6) is 0 Å².